The quantitative estimate of drug-likeness (QED) is 0.804. The van der Waals surface area contributed by atoms with Crippen LogP contribution < -0.4 is 5.32 Å². The summed E-state index contributed by atoms with van der Waals surface area (Å²) in [4.78, 5) is 23.0. The van der Waals surface area contributed by atoms with Crippen molar-refractivity contribution >= 4 is 11.9 Å². The molecule has 0 heterocycles. The Balaban J connectivity index is 2.57. The Labute approximate surface area is 96.7 Å². The molecule has 0 aromatic heterocycles. The first kappa shape index (κ1) is 13.0. The third-order valence-electron chi connectivity index (χ3n) is 2.80. The van der Waals surface area contributed by atoms with Gasteiger partial charge in [-0.2, -0.15) is 0 Å². The van der Waals surface area contributed by atoms with Crippen LogP contribution in [0.25, 0.3) is 0 Å². The van der Waals surface area contributed by atoms with Gasteiger partial charge in [-0.1, -0.05) is 6.92 Å². The van der Waals surface area contributed by atoms with E-state index in [1.54, 1.807) is 20.8 Å². The summed E-state index contributed by atoms with van der Waals surface area (Å²) in [6, 6.07) is -0.414. The Morgan fingerprint density at radius 1 is 1.31 bits per heavy atom. The van der Waals surface area contributed by atoms with Gasteiger partial charge in [-0.15, -0.1) is 0 Å². The number of ether oxygens (including phenoxy) is 1. The molecule has 0 aliphatic heterocycles. The van der Waals surface area contributed by atoms with Crippen molar-refractivity contribution in [1.82, 2.24) is 5.32 Å². The lowest BCUT2D eigenvalue weighted by Crippen LogP contribution is -2.47. The van der Waals surface area contributed by atoms with E-state index >= 15 is 0 Å². The van der Waals surface area contributed by atoms with Gasteiger partial charge in [-0.3, -0.25) is 4.79 Å². The average molecular weight is 227 g/mol. The van der Waals surface area contributed by atoms with Crippen molar-refractivity contribution in [2.24, 2.45) is 5.41 Å². The van der Waals surface area contributed by atoms with Crippen LogP contribution in [0.15, 0.2) is 0 Å². The van der Waals surface area contributed by atoms with Crippen LogP contribution in [0.2, 0.25) is 0 Å². The number of alkyl carbamates (subject to hydrolysis) is 1. The van der Waals surface area contributed by atoms with Gasteiger partial charge in [0.15, 0.2) is 5.78 Å². The molecule has 1 aliphatic rings. The van der Waals surface area contributed by atoms with Gasteiger partial charge in [-0.05, 0) is 46.0 Å². The zero-order valence-corrected chi connectivity index (χ0v) is 10.7. The second-order valence-corrected chi connectivity index (χ2v) is 5.84. The first-order valence-electron chi connectivity index (χ1n) is 5.64. The fraction of sp³-hybridized carbons (Fsp3) is 0.833. The van der Waals surface area contributed by atoms with E-state index in [1.165, 1.54) is 6.92 Å². The second kappa shape index (κ2) is 4.07. The Hall–Kier alpha value is -1.06. The number of carbonyl (C=O) groups excluding carboxylic acids is 2. The number of hydrogen-bond donors (Lipinski definition) is 1. The highest BCUT2D eigenvalue weighted by Crippen LogP contribution is 2.48. The van der Waals surface area contributed by atoms with Gasteiger partial charge >= 0.3 is 6.09 Å². The van der Waals surface area contributed by atoms with Gasteiger partial charge in [-0.25, -0.2) is 4.79 Å². The van der Waals surface area contributed by atoms with Crippen molar-refractivity contribution in [1.29, 1.82) is 0 Å². The molecule has 0 radical (unpaired) electrons. The zero-order chi connectivity index (χ0) is 12.6. The Morgan fingerprint density at radius 3 is 2.12 bits per heavy atom. The van der Waals surface area contributed by atoms with E-state index in [4.69, 9.17) is 4.74 Å². The molecular formula is C12H21NO3. The molecule has 1 aliphatic carbocycles. The summed E-state index contributed by atoms with van der Waals surface area (Å²) in [6.07, 6.45) is 1.45. The fourth-order valence-electron chi connectivity index (χ4n) is 1.68. The Bertz CT molecular complexity index is 300. The van der Waals surface area contributed by atoms with E-state index in [-0.39, 0.29) is 11.2 Å². The predicted molar refractivity (Wildman–Crippen MR) is 61.2 cm³/mol. The van der Waals surface area contributed by atoms with E-state index in [0.29, 0.717) is 0 Å². The summed E-state index contributed by atoms with van der Waals surface area (Å²) in [5.41, 5.74) is -0.599. The highest BCUT2D eigenvalue weighted by molar-refractivity contribution is 5.86. The molecular weight excluding hydrogens is 206 g/mol. The van der Waals surface area contributed by atoms with Crippen molar-refractivity contribution < 1.29 is 14.3 Å². The van der Waals surface area contributed by atoms with Crippen LogP contribution >= 0.6 is 0 Å². The van der Waals surface area contributed by atoms with Crippen molar-refractivity contribution in [3.8, 4) is 0 Å². The maximum Gasteiger partial charge on any atom is 0.408 e. The molecule has 0 spiro atoms. The van der Waals surface area contributed by atoms with Gasteiger partial charge < -0.3 is 10.1 Å². The first-order valence-corrected chi connectivity index (χ1v) is 5.64. The monoisotopic (exact) mass is 227 g/mol. The van der Waals surface area contributed by atoms with Gasteiger partial charge in [0.1, 0.15) is 5.60 Å². The smallest absolute Gasteiger partial charge is 0.408 e. The summed E-state index contributed by atoms with van der Waals surface area (Å²) < 4.78 is 5.14. The summed E-state index contributed by atoms with van der Waals surface area (Å²) >= 11 is 0. The second-order valence-electron chi connectivity index (χ2n) is 5.84. The number of Topliss-reactive ketones (excluding diaryl/α,β-unsaturated/α-hetero) is 1. The molecule has 0 unspecified atom stereocenters. The van der Waals surface area contributed by atoms with Crippen molar-refractivity contribution in [2.75, 3.05) is 0 Å². The van der Waals surface area contributed by atoms with Crippen LogP contribution in [0.1, 0.15) is 47.5 Å². The minimum atomic E-state index is -0.532. The van der Waals surface area contributed by atoms with E-state index in [2.05, 4.69) is 5.32 Å². The van der Waals surface area contributed by atoms with E-state index in [1.807, 2.05) is 6.92 Å². The molecule has 4 nitrogen and oxygen atoms in total. The lowest BCUT2D eigenvalue weighted by atomic mass is 9.96. The molecule has 0 saturated heterocycles. The minimum absolute atomic E-state index is 0.00846. The van der Waals surface area contributed by atoms with Crippen LogP contribution in [0.5, 0.6) is 0 Å². The SMILES string of the molecule is CC(=O)[C@@H](NC(=O)OC(C)(C)C)C1(C)CC1. The highest BCUT2D eigenvalue weighted by Gasteiger charge is 2.48. The number of nitrogens with one attached hydrogen (secondary N) is 1. The largest absolute Gasteiger partial charge is 0.444 e. The molecule has 1 saturated carbocycles. The van der Waals surface area contributed by atoms with Gasteiger partial charge in [0.05, 0.1) is 6.04 Å². The molecule has 0 aromatic carbocycles. The summed E-state index contributed by atoms with van der Waals surface area (Å²) in [5.74, 6) is -0.00846. The topological polar surface area (TPSA) is 55.4 Å². The molecule has 0 aromatic rings. The number of rotatable bonds is 3. The molecule has 1 rings (SSSR count). The number of hydrogen-bond acceptors (Lipinski definition) is 3. The molecule has 0 bridgehead atoms. The number of ketones is 1. The molecule has 4 heteroatoms. The standard InChI is InChI=1S/C12H21NO3/c1-8(14)9(12(5)6-7-12)13-10(15)16-11(2,3)4/h9H,6-7H2,1-5H3,(H,13,15)/t9-/m1/s1. The highest BCUT2D eigenvalue weighted by atomic mass is 16.6. The van der Waals surface area contributed by atoms with E-state index < -0.39 is 17.7 Å². The zero-order valence-electron chi connectivity index (χ0n) is 10.7. The molecule has 1 atom stereocenters. The van der Waals surface area contributed by atoms with E-state index in [9.17, 15) is 9.59 Å². The minimum Gasteiger partial charge on any atom is -0.444 e. The third kappa shape index (κ3) is 3.51. The van der Waals surface area contributed by atoms with Gasteiger partial charge in [0, 0.05) is 0 Å². The lowest BCUT2D eigenvalue weighted by Gasteiger charge is -2.25. The summed E-state index contributed by atoms with van der Waals surface area (Å²) in [5, 5.41) is 2.66. The third-order valence-corrected chi connectivity index (χ3v) is 2.80. The van der Waals surface area contributed by atoms with Gasteiger partial charge in [0.25, 0.3) is 0 Å². The maximum atomic E-state index is 11.6. The Kier molecular flexibility index (Phi) is 3.31. The lowest BCUT2D eigenvalue weighted by molar-refractivity contribution is -0.120. The van der Waals surface area contributed by atoms with Crippen molar-refractivity contribution in [2.45, 2.75) is 59.1 Å². The maximum absolute atomic E-state index is 11.6. The van der Waals surface area contributed by atoms with Crippen molar-refractivity contribution in [3.63, 3.8) is 0 Å². The Morgan fingerprint density at radius 2 is 1.81 bits per heavy atom. The fourth-order valence-corrected chi connectivity index (χ4v) is 1.68. The van der Waals surface area contributed by atoms with E-state index in [0.717, 1.165) is 12.8 Å². The number of carbonyl (C=O) groups is 2. The van der Waals surface area contributed by atoms with Crippen LogP contribution in [-0.4, -0.2) is 23.5 Å². The molecule has 16 heavy (non-hydrogen) atoms. The first-order chi connectivity index (χ1) is 7.14. The van der Waals surface area contributed by atoms with Crippen LogP contribution in [0, 0.1) is 5.41 Å². The van der Waals surface area contributed by atoms with Crippen LogP contribution in [0.4, 0.5) is 4.79 Å². The van der Waals surface area contributed by atoms with Crippen LogP contribution in [0.3, 0.4) is 0 Å². The van der Waals surface area contributed by atoms with Gasteiger partial charge in [0.2, 0.25) is 0 Å². The van der Waals surface area contributed by atoms with Crippen molar-refractivity contribution in [3.05, 3.63) is 0 Å². The summed E-state index contributed by atoms with van der Waals surface area (Å²) in [6.45, 7) is 8.92. The molecule has 1 fully saturated rings. The molecule has 1 amide bonds. The molecule has 1 N–H and O–H groups in total. The normalized spacial score (nSPS) is 19.8. The number of amides is 1. The molecule has 92 valence electrons. The summed E-state index contributed by atoms with van der Waals surface area (Å²) in [7, 11) is 0. The predicted octanol–water partition coefficient (Wildman–Crippen LogP) is 2.27. The van der Waals surface area contributed by atoms with Crippen LogP contribution in [-0.2, 0) is 9.53 Å². The average Bonchev–Trinajstić information content (AvgIpc) is 2.76.